The fourth-order valence-electron chi connectivity index (χ4n) is 9.76. The molecule has 0 aliphatic rings. The molecule has 0 heterocycles. The smallest absolute Gasteiger partial charge is 0.305 e. The molecule has 0 bridgehead atoms. The van der Waals surface area contributed by atoms with Crippen molar-refractivity contribution in [2.24, 2.45) is 0 Å². The van der Waals surface area contributed by atoms with Crippen LogP contribution in [0, 0.1) is 0 Å². The molecule has 66 heavy (non-hydrogen) atoms. The minimum Gasteiger partial charge on any atom is -0.466 e. The van der Waals surface area contributed by atoms with Crippen molar-refractivity contribution in [3.05, 3.63) is 0 Å². The molecule has 0 rings (SSSR count). The molecule has 0 radical (unpaired) electrons. The van der Waals surface area contributed by atoms with Crippen molar-refractivity contribution in [1.29, 1.82) is 0 Å². The lowest BCUT2D eigenvalue weighted by molar-refractivity contribution is -0.143. The second kappa shape index (κ2) is 56.4. The van der Waals surface area contributed by atoms with Crippen LogP contribution in [-0.2, 0) is 14.3 Å². The maximum atomic E-state index is 12.5. The summed E-state index contributed by atoms with van der Waals surface area (Å²) in [5, 5.41) is 23.4. The standard InChI is InChI=1S/C60H119NO5/c1-3-5-7-9-11-13-15-17-18-19-20-21-22-23-24-25-26-27-28-29-32-36-40-44-48-52-58(63)57(56-62)61-59(64)53-49-45-41-37-33-30-31-35-39-43-47-51-55-66-60(65)54-50-46-42-38-34-16-14-12-10-8-6-4-2/h57-58,62-63H,3-56H2,1-2H3,(H,61,64). The van der Waals surface area contributed by atoms with Gasteiger partial charge in [-0.05, 0) is 25.7 Å². The number of amides is 1. The lowest BCUT2D eigenvalue weighted by atomic mass is 10.0. The minimum atomic E-state index is -0.674. The number of aliphatic hydroxyl groups is 2. The van der Waals surface area contributed by atoms with Gasteiger partial charge in [0.05, 0.1) is 25.4 Å². The molecule has 2 unspecified atom stereocenters. The van der Waals surface area contributed by atoms with Gasteiger partial charge in [0, 0.05) is 12.8 Å². The number of aliphatic hydroxyl groups excluding tert-OH is 2. The fraction of sp³-hybridized carbons (Fsp3) is 0.967. The predicted octanol–water partition coefficient (Wildman–Crippen LogP) is 18.7. The van der Waals surface area contributed by atoms with E-state index in [4.69, 9.17) is 4.74 Å². The Kier molecular flexibility index (Phi) is 55.5. The Bertz CT molecular complexity index is 944. The van der Waals surface area contributed by atoms with Crippen LogP contribution >= 0.6 is 0 Å². The first-order chi connectivity index (χ1) is 32.5. The second-order valence-electron chi connectivity index (χ2n) is 21.1. The number of nitrogens with one attached hydrogen (secondary N) is 1. The average molecular weight is 935 g/mol. The van der Waals surface area contributed by atoms with Crippen molar-refractivity contribution in [3.8, 4) is 0 Å². The zero-order valence-corrected chi connectivity index (χ0v) is 45.0. The van der Waals surface area contributed by atoms with Crippen LogP contribution in [0.15, 0.2) is 0 Å². The third-order valence-electron chi connectivity index (χ3n) is 14.4. The van der Waals surface area contributed by atoms with Gasteiger partial charge in [-0.25, -0.2) is 0 Å². The highest BCUT2D eigenvalue weighted by atomic mass is 16.5. The first kappa shape index (κ1) is 64.9. The molecule has 0 aromatic heterocycles. The van der Waals surface area contributed by atoms with Crippen molar-refractivity contribution in [2.75, 3.05) is 13.2 Å². The maximum Gasteiger partial charge on any atom is 0.305 e. The third-order valence-corrected chi connectivity index (χ3v) is 14.4. The van der Waals surface area contributed by atoms with Gasteiger partial charge in [-0.15, -0.1) is 0 Å². The monoisotopic (exact) mass is 934 g/mol. The number of hydrogen-bond donors (Lipinski definition) is 3. The number of rotatable bonds is 57. The molecule has 0 aromatic rings. The van der Waals surface area contributed by atoms with Crippen LogP contribution in [0.5, 0.6) is 0 Å². The normalized spacial score (nSPS) is 12.5. The second-order valence-corrected chi connectivity index (χ2v) is 21.1. The third kappa shape index (κ3) is 52.2. The Labute approximate surface area is 413 Å². The first-order valence-corrected chi connectivity index (χ1v) is 30.3. The summed E-state index contributed by atoms with van der Waals surface area (Å²) in [5.41, 5.74) is 0. The molecule has 0 spiro atoms. The van der Waals surface area contributed by atoms with Gasteiger partial charge in [-0.3, -0.25) is 9.59 Å². The van der Waals surface area contributed by atoms with Gasteiger partial charge in [0.15, 0.2) is 0 Å². The number of ether oxygens (including phenoxy) is 1. The van der Waals surface area contributed by atoms with E-state index >= 15 is 0 Å². The quantitative estimate of drug-likeness (QED) is 0.0417. The van der Waals surface area contributed by atoms with Gasteiger partial charge in [-0.2, -0.15) is 0 Å². The number of carbonyl (C=O) groups is 2. The molecule has 6 nitrogen and oxygen atoms in total. The molecule has 0 aliphatic carbocycles. The van der Waals surface area contributed by atoms with Crippen molar-refractivity contribution < 1.29 is 24.5 Å². The van der Waals surface area contributed by atoms with E-state index in [1.165, 1.54) is 257 Å². The molecule has 2 atom stereocenters. The van der Waals surface area contributed by atoms with Crippen LogP contribution < -0.4 is 5.32 Å². The van der Waals surface area contributed by atoms with E-state index in [2.05, 4.69) is 19.2 Å². The molecule has 394 valence electrons. The van der Waals surface area contributed by atoms with Crippen molar-refractivity contribution >= 4 is 11.9 Å². The summed E-state index contributed by atoms with van der Waals surface area (Å²) < 4.78 is 5.46. The Balaban J connectivity index is 3.43. The predicted molar refractivity (Wildman–Crippen MR) is 287 cm³/mol. The molecular formula is C60H119NO5. The van der Waals surface area contributed by atoms with Crippen LogP contribution in [0.25, 0.3) is 0 Å². The first-order valence-electron chi connectivity index (χ1n) is 30.3. The summed E-state index contributed by atoms with van der Waals surface area (Å²) in [4.78, 5) is 24.5. The molecular weight excluding hydrogens is 815 g/mol. The lowest BCUT2D eigenvalue weighted by Gasteiger charge is -2.22. The molecule has 0 aromatic carbocycles. The summed E-state index contributed by atoms with van der Waals surface area (Å²) in [6.07, 6.45) is 65.3. The van der Waals surface area contributed by atoms with E-state index in [9.17, 15) is 19.8 Å². The topological polar surface area (TPSA) is 95.9 Å². The number of unbranched alkanes of at least 4 members (excludes halogenated alkanes) is 46. The minimum absolute atomic E-state index is 0.00688. The van der Waals surface area contributed by atoms with Crippen LogP contribution in [0.4, 0.5) is 0 Å². The summed E-state index contributed by atoms with van der Waals surface area (Å²) in [6, 6.07) is -0.553. The van der Waals surface area contributed by atoms with E-state index in [1.54, 1.807) is 0 Å². The molecule has 0 fully saturated rings. The molecule has 3 N–H and O–H groups in total. The highest BCUT2D eigenvalue weighted by Gasteiger charge is 2.20. The highest BCUT2D eigenvalue weighted by molar-refractivity contribution is 5.76. The van der Waals surface area contributed by atoms with Crippen LogP contribution in [0.1, 0.15) is 348 Å². The molecule has 0 aliphatic heterocycles. The Morgan fingerprint density at radius 1 is 0.364 bits per heavy atom. The van der Waals surface area contributed by atoms with Crippen molar-refractivity contribution in [2.45, 2.75) is 360 Å². The van der Waals surface area contributed by atoms with E-state index < -0.39 is 12.1 Å². The van der Waals surface area contributed by atoms with Gasteiger partial charge in [0.2, 0.25) is 5.91 Å². The molecule has 0 saturated carbocycles. The van der Waals surface area contributed by atoms with Crippen molar-refractivity contribution in [1.82, 2.24) is 5.32 Å². The summed E-state index contributed by atoms with van der Waals surface area (Å²) in [6.45, 7) is 4.95. The summed E-state index contributed by atoms with van der Waals surface area (Å²) >= 11 is 0. The molecule has 0 saturated heterocycles. The van der Waals surface area contributed by atoms with E-state index in [-0.39, 0.29) is 18.5 Å². The Morgan fingerprint density at radius 3 is 0.924 bits per heavy atom. The molecule has 1 amide bonds. The van der Waals surface area contributed by atoms with Crippen LogP contribution in [-0.4, -0.2) is 47.4 Å². The SMILES string of the molecule is CCCCCCCCCCCCCCCCCCCCCCCCCCCC(O)C(CO)NC(=O)CCCCCCCCCCCCCCOC(=O)CCCCCCCCCCCCCC. The largest absolute Gasteiger partial charge is 0.466 e. The van der Waals surface area contributed by atoms with Gasteiger partial charge in [-0.1, -0.05) is 309 Å². The average Bonchev–Trinajstić information content (AvgIpc) is 3.32. The van der Waals surface area contributed by atoms with Crippen LogP contribution in [0.3, 0.4) is 0 Å². The zero-order chi connectivity index (χ0) is 47.9. The van der Waals surface area contributed by atoms with Gasteiger partial charge in [0.25, 0.3) is 0 Å². The zero-order valence-electron chi connectivity index (χ0n) is 45.0. The number of hydrogen-bond acceptors (Lipinski definition) is 5. The van der Waals surface area contributed by atoms with Gasteiger partial charge >= 0.3 is 5.97 Å². The van der Waals surface area contributed by atoms with E-state index in [0.29, 0.717) is 25.9 Å². The Morgan fingerprint density at radius 2 is 0.621 bits per heavy atom. The Hall–Kier alpha value is -1.14. The van der Waals surface area contributed by atoms with Gasteiger partial charge in [0.1, 0.15) is 0 Å². The molecule has 6 heteroatoms. The van der Waals surface area contributed by atoms with E-state index in [1.807, 2.05) is 0 Å². The lowest BCUT2D eigenvalue weighted by Crippen LogP contribution is -2.45. The summed E-state index contributed by atoms with van der Waals surface area (Å²) in [5.74, 6) is -0.0524. The highest BCUT2D eigenvalue weighted by Crippen LogP contribution is 2.18. The summed E-state index contributed by atoms with van der Waals surface area (Å²) in [7, 11) is 0. The van der Waals surface area contributed by atoms with Crippen LogP contribution in [0.2, 0.25) is 0 Å². The van der Waals surface area contributed by atoms with E-state index in [0.717, 1.165) is 57.8 Å². The number of esters is 1. The number of carbonyl (C=O) groups excluding carboxylic acids is 2. The fourth-order valence-corrected chi connectivity index (χ4v) is 9.76. The van der Waals surface area contributed by atoms with Gasteiger partial charge < -0.3 is 20.3 Å². The maximum absolute atomic E-state index is 12.5. The van der Waals surface area contributed by atoms with Crippen molar-refractivity contribution in [3.63, 3.8) is 0 Å².